The number of carboxylic acids is 1. The van der Waals surface area contributed by atoms with Gasteiger partial charge in [0.2, 0.25) is 0 Å². The van der Waals surface area contributed by atoms with Crippen LogP contribution < -0.4 is 4.74 Å². The first kappa shape index (κ1) is 18.9. The van der Waals surface area contributed by atoms with E-state index in [4.69, 9.17) is 9.47 Å². The Morgan fingerprint density at radius 2 is 1.48 bits per heavy atom. The third-order valence-electron chi connectivity index (χ3n) is 4.75. The van der Waals surface area contributed by atoms with Gasteiger partial charge >= 0.3 is 5.97 Å². The normalized spacial score (nSPS) is 14.7. The topological polar surface area (TPSA) is 76.1 Å². The van der Waals surface area contributed by atoms with Crippen LogP contribution in [0.1, 0.15) is 29.8 Å². The van der Waals surface area contributed by atoms with E-state index in [1.807, 2.05) is 0 Å². The maximum absolute atomic E-state index is 12.4. The molecule has 6 nitrogen and oxygen atoms in total. The van der Waals surface area contributed by atoms with Gasteiger partial charge in [0.25, 0.3) is 5.91 Å². The highest BCUT2D eigenvalue weighted by molar-refractivity contribution is 5.94. The van der Waals surface area contributed by atoms with E-state index in [-0.39, 0.29) is 5.91 Å². The number of hydrogen-bond donors (Lipinski definition) is 1. The van der Waals surface area contributed by atoms with E-state index in [1.54, 1.807) is 67.3 Å². The fraction of sp³-hybridized carbons (Fsp3) is 0.333. The molecule has 3 rings (SSSR count). The number of benzene rings is 2. The summed E-state index contributed by atoms with van der Waals surface area (Å²) in [6.45, 7) is 5.68. The van der Waals surface area contributed by atoms with Crippen LogP contribution in [0.4, 0.5) is 0 Å². The Labute approximate surface area is 158 Å². The summed E-state index contributed by atoms with van der Waals surface area (Å²) in [6.07, 6.45) is 0. The van der Waals surface area contributed by atoms with Crippen LogP contribution in [-0.4, -0.2) is 48.2 Å². The molecule has 27 heavy (non-hydrogen) atoms. The molecule has 1 aliphatic heterocycles. The maximum atomic E-state index is 12.4. The minimum absolute atomic E-state index is 0.00916. The first-order valence-corrected chi connectivity index (χ1v) is 8.87. The zero-order valence-electron chi connectivity index (χ0n) is 15.5. The third kappa shape index (κ3) is 4.28. The summed E-state index contributed by atoms with van der Waals surface area (Å²) >= 11 is 0. The van der Waals surface area contributed by atoms with Gasteiger partial charge in [0.05, 0.1) is 18.6 Å². The third-order valence-corrected chi connectivity index (χ3v) is 4.75. The van der Waals surface area contributed by atoms with Gasteiger partial charge < -0.3 is 19.5 Å². The van der Waals surface area contributed by atoms with Crippen LogP contribution in [0.15, 0.2) is 48.5 Å². The van der Waals surface area contributed by atoms with Crippen molar-refractivity contribution in [2.45, 2.75) is 19.3 Å². The van der Waals surface area contributed by atoms with E-state index in [1.165, 1.54) is 0 Å². The minimum atomic E-state index is -0.958. The number of rotatable bonds is 5. The highest BCUT2D eigenvalue weighted by Crippen LogP contribution is 2.28. The number of carbonyl (C=O) groups is 2. The lowest BCUT2D eigenvalue weighted by Crippen LogP contribution is -2.40. The van der Waals surface area contributed by atoms with Crippen LogP contribution in [0.3, 0.4) is 0 Å². The Hall–Kier alpha value is -2.86. The summed E-state index contributed by atoms with van der Waals surface area (Å²) in [7, 11) is 0. The average molecular weight is 369 g/mol. The van der Waals surface area contributed by atoms with E-state index in [0.29, 0.717) is 48.9 Å². The SMILES string of the molecule is CC(C)(C(=O)O)c1ccc(Oc2ccc(C(=O)N3CCOCC3)cc2)cc1. The van der Waals surface area contributed by atoms with Crippen molar-refractivity contribution in [1.82, 2.24) is 4.90 Å². The maximum Gasteiger partial charge on any atom is 0.313 e. The quantitative estimate of drug-likeness (QED) is 0.875. The second-order valence-corrected chi connectivity index (χ2v) is 6.99. The molecule has 1 amide bonds. The number of hydrogen-bond acceptors (Lipinski definition) is 4. The summed E-state index contributed by atoms with van der Waals surface area (Å²) in [6, 6.07) is 14.0. The molecule has 0 radical (unpaired) electrons. The summed E-state index contributed by atoms with van der Waals surface area (Å²) in [5.74, 6) is 0.327. The number of carbonyl (C=O) groups excluding carboxylic acids is 1. The molecule has 2 aromatic rings. The molecule has 1 N–H and O–H groups in total. The van der Waals surface area contributed by atoms with Crippen LogP contribution in [0.2, 0.25) is 0 Å². The molecule has 142 valence electrons. The van der Waals surface area contributed by atoms with Gasteiger partial charge in [-0.2, -0.15) is 0 Å². The molecule has 0 atom stereocenters. The smallest absolute Gasteiger partial charge is 0.313 e. The van der Waals surface area contributed by atoms with Crippen LogP contribution in [-0.2, 0) is 14.9 Å². The number of carboxylic acid groups (broad SMARTS) is 1. The molecule has 1 fully saturated rings. The number of ether oxygens (including phenoxy) is 2. The average Bonchev–Trinajstić information content (AvgIpc) is 2.69. The monoisotopic (exact) mass is 369 g/mol. The lowest BCUT2D eigenvalue weighted by atomic mass is 9.85. The van der Waals surface area contributed by atoms with E-state index in [2.05, 4.69) is 0 Å². The van der Waals surface area contributed by atoms with Gasteiger partial charge in [0, 0.05) is 18.7 Å². The van der Waals surface area contributed by atoms with Crippen LogP contribution in [0.5, 0.6) is 11.5 Å². The van der Waals surface area contributed by atoms with Gasteiger partial charge in [-0.3, -0.25) is 9.59 Å². The van der Waals surface area contributed by atoms with Crippen molar-refractivity contribution in [3.63, 3.8) is 0 Å². The Kier molecular flexibility index (Phi) is 5.46. The molecular weight excluding hydrogens is 346 g/mol. The van der Waals surface area contributed by atoms with E-state index >= 15 is 0 Å². The lowest BCUT2D eigenvalue weighted by Gasteiger charge is -2.26. The molecule has 0 aromatic heterocycles. The Morgan fingerprint density at radius 1 is 0.963 bits per heavy atom. The van der Waals surface area contributed by atoms with Crippen molar-refractivity contribution >= 4 is 11.9 Å². The van der Waals surface area contributed by atoms with E-state index in [0.717, 1.165) is 0 Å². The van der Waals surface area contributed by atoms with E-state index < -0.39 is 11.4 Å². The predicted molar refractivity (Wildman–Crippen MR) is 100 cm³/mol. The van der Waals surface area contributed by atoms with Crippen molar-refractivity contribution in [2.24, 2.45) is 0 Å². The molecule has 0 bridgehead atoms. The summed E-state index contributed by atoms with van der Waals surface area (Å²) in [4.78, 5) is 25.5. The molecule has 0 aliphatic carbocycles. The summed E-state index contributed by atoms with van der Waals surface area (Å²) in [5.41, 5.74) is 0.358. The van der Waals surface area contributed by atoms with Gasteiger partial charge in [-0.05, 0) is 55.8 Å². The lowest BCUT2D eigenvalue weighted by molar-refractivity contribution is -0.142. The largest absolute Gasteiger partial charge is 0.481 e. The van der Waals surface area contributed by atoms with Crippen LogP contribution in [0.25, 0.3) is 0 Å². The summed E-state index contributed by atoms with van der Waals surface area (Å²) in [5, 5.41) is 9.30. The zero-order chi connectivity index (χ0) is 19.4. The molecule has 1 heterocycles. The van der Waals surface area contributed by atoms with E-state index in [9.17, 15) is 14.7 Å². The standard InChI is InChI=1S/C21H23NO5/c1-21(2,20(24)25)16-5-9-18(10-6-16)27-17-7-3-15(4-8-17)19(23)22-11-13-26-14-12-22/h3-10H,11-14H2,1-2H3,(H,24,25). The highest BCUT2D eigenvalue weighted by Gasteiger charge is 2.29. The van der Waals surface area contributed by atoms with Crippen LogP contribution in [0, 0.1) is 0 Å². The molecule has 1 aliphatic rings. The molecular formula is C21H23NO5. The zero-order valence-corrected chi connectivity index (χ0v) is 15.5. The molecule has 0 unspecified atom stereocenters. The second kappa shape index (κ2) is 7.80. The Bertz CT molecular complexity index is 805. The number of aliphatic carboxylic acids is 1. The van der Waals surface area contributed by atoms with Gasteiger partial charge in [-0.1, -0.05) is 12.1 Å². The van der Waals surface area contributed by atoms with Crippen molar-refractivity contribution in [1.29, 1.82) is 0 Å². The van der Waals surface area contributed by atoms with Crippen molar-refractivity contribution < 1.29 is 24.2 Å². The van der Waals surface area contributed by atoms with Gasteiger partial charge in [-0.25, -0.2) is 0 Å². The Morgan fingerprint density at radius 3 is 2.00 bits per heavy atom. The molecule has 0 saturated carbocycles. The first-order chi connectivity index (χ1) is 12.9. The number of amides is 1. The fourth-order valence-electron chi connectivity index (χ4n) is 2.81. The van der Waals surface area contributed by atoms with Crippen LogP contribution >= 0.6 is 0 Å². The van der Waals surface area contributed by atoms with Gasteiger partial charge in [0.1, 0.15) is 11.5 Å². The molecule has 1 saturated heterocycles. The highest BCUT2D eigenvalue weighted by atomic mass is 16.5. The first-order valence-electron chi connectivity index (χ1n) is 8.87. The number of nitrogens with zero attached hydrogens (tertiary/aromatic N) is 1. The van der Waals surface area contributed by atoms with Crippen molar-refractivity contribution in [3.05, 3.63) is 59.7 Å². The Balaban J connectivity index is 1.66. The van der Waals surface area contributed by atoms with Gasteiger partial charge in [-0.15, -0.1) is 0 Å². The molecule has 6 heteroatoms. The second-order valence-electron chi connectivity index (χ2n) is 6.99. The number of morpholine rings is 1. The fourth-order valence-corrected chi connectivity index (χ4v) is 2.81. The van der Waals surface area contributed by atoms with Gasteiger partial charge in [0.15, 0.2) is 0 Å². The minimum Gasteiger partial charge on any atom is -0.481 e. The van der Waals surface area contributed by atoms with Crippen molar-refractivity contribution in [3.8, 4) is 11.5 Å². The molecule has 2 aromatic carbocycles. The predicted octanol–water partition coefficient (Wildman–Crippen LogP) is 3.31. The van der Waals surface area contributed by atoms with Crippen molar-refractivity contribution in [2.75, 3.05) is 26.3 Å². The molecule has 0 spiro atoms. The summed E-state index contributed by atoms with van der Waals surface area (Å²) < 4.78 is 11.1.